The van der Waals surface area contributed by atoms with Crippen molar-refractivity contribution < 1.29 is 42.7 Å². The molecule has 4 aliphatic heterocycles. The number of esters is 1. The van der Waals surface area contributed by atoms with Crippen LogP contribution in [0.2, 0.25) is 0 Å². The highest BCUT2D eigenvalue weighted by Gasteiger charge is 2.47. The van der Waals surface area contributed by atoms with Crippen molar-refractivity contribution in [2.45, 2.75) is 90.9 Å². The van der Waals surface area contributed by atoms with E-state index in [-0.39, 0.29) is 41.9 Å². The van der Waals surface area contributed by atoms with Gasteiger partial charge in [-0.2, -0.15) is 0 Å². The lowest BCUT2D eigenvalue weighted by atomic mass is 9.87. The van der Waals surface area contributed by atoms with Crippen molar-refractivity contribution in [3.05, 3.63) is 0 Å². The van der Waals surface area contributed by atoms with Gasteiger partial charge in [0.2, 0.25) is 0 Å². The minimum atomic E-state index is -0.583. The van der Waals surface area contributed by atoms with Crippen LogP contribution in [-0.2, 0) is 42.7 Å². The third-order valence-corrected chi connectivity index (χ3v) is 6.47. The molecule has 9 heteroatoms. The molecule has 4 heterocycles. The number of carbonyl (C=O) groups is 2. The molecule has 0 aromatic carbocycles. The van der Waals surface area contributed by atoms with Gasteiger partial charge in [-0.25, -0.2) is 0 Å². The third kappa shape index (κ3) is 6.74. The Morgan fingerprint density at radius 2 is 1.55 bits per heavy atom. The summed E-state index contributed by atoms with van der Waals surface area (Å²) in [6, 6.07) is 0. The van der Waals surface area contributed by atoms with Gasteiger partial charge >= 0.3 is 5.97 Å². The first-order valence-corrected chi connectivity index (χ1v) is 12.0. The van der Waals surface area contributed by atoms with E-state index in [1.54, 1.807) is 0 Å². The van der Waals surface area contributed by atoms with Crippen molar-refractivity contribution in [2.75, 3.05) is 33.0 Å². The molecule has 0 saturated carbocycles. The second-order valence-electron chi connectivity index (χ2n) is 10.2. The first-order valence-electron chi connectivity index (χ1n) is 12.0. The van der Waals surface area contributed by atoms with Gasteiger partial charge in [-0.15, -0.1) is 0 Å². The highest BCUT2D eigenvalue weighted by atomic mass is 16.8. The molecule has 0 aromatic heterocycles. The fourth-order valence-corrected chi connectivity index (χ4v) is 4.67. The topological polar surface area (TPSA) is 98.8 Å². The molecule has 0 spiro atoms. The predicted octanol–water partition coefficient (Wildman–Crippen LogP) is 2.48. The second kappa shape index (κ2) is 10.7. The van der Waals surface area contributed by atoms with Gasteiger partial charge in [-0.1, -0.05) is 13.8 Å². The van der Waals surface area contributed by atoms with Gasteiger partial charge in [0.1, 0.15) is 18.3 Å². The van der Waals surface area contributed by atoms with Crippen molar-refractivity contribution in [1.29, 1.82) is 0 Å². The van der Waals surface area contributed by atoms with Crippen LogP contribution in [0.5, 0.6) is 0 Å². The SMILES string of the molecule is CCOC(=O)C[C@@H]1[C@@H]([C@H]2COC(C)(C)O2)OC[C@@H]1C.C[C@H]1CO[C@H]([C@H]2COC(C)(C)O2)C1=O. The zero-order chi connectivity index (χ0) is 24.4. The van der Waals surface area contributed by atoms with Gasteiger partial charge < -0.3 is 33.2 Å². The molecule has 4 aliphatic rings. The lowest BCUT2D eigenvalue weighted by Gasteiger charge is -2.25. The lowest BCUT2D eigenvalue weighted by molar-refractivity contribution is -0.157. The summed E-state index contributed by atoms with van der Waals surface area (Å²) < 4.78 is 38.7. The van der Waals surface area contributed by atoms with Crippen LogP contribution in [0.4, 0.5) is 0 Å². The van der Waals surface area contributed by atoms with Gasteiger partial charge in [-0.3, -0.25) is 9.59 Å². The highest BCUT2D eigenvalue weighted by molar-refractivity contribution is 5.87. The average molecular weight is 473 g/mol. The summed E-state index contributed by atoms with van der Waals surface area (Å²) in [4.78, 5) is 23.3. The van der Waals surface area contributed by atoms with Crippen LogP contribution >= 0.6 is 0 Å². The minimum Gasteiger partial charge on any atom is -0.466 e. The Bertz CT molecular complexity index is 691. The number of carbonyl (C=O) groups excluding carboxylic acids is 2. The molecule has 0 unspecified atom stereocenters. The maximum atomic E-state index is 11.7. The van der Waals surface area contributed by atoms with Gasteiger partial charge in [0.25, 0.3) is 0 Å². The van der Waals surface area contributed by atoms with Crippen molar-refractivity contribution >= 4 is 11.8 Å². The van der Waals surface area contributed by atoms with E-state index in [1.165, 1.54) is 0 Å². The van der Waals surface area contributed by atoms with E-state index in [0.29, 0.717) is 45.4 Å². The molecule has 0 aliphatic carbocycles. The van der Waals surface area contributed by atoms with Crippen LogP contribution in [0.1, 0.15) is 54.9 Å². The molecule has 4 fully saturated rings. The summed E-state index contributed by atoms with van der Waals surface area (Å²) in [5.41, 5.74) is 0. The van der Waals surface area contributed by atoms with Gasteiger partial charge in [-0.05, 0) is 40.5 Å². The first-order chi connectivity index (χ1) is 15.4. The minimum absolute atomic E-state index is 0.00712. The summed E-state index contributed by atoms with van der Waals surface area (Å²) in [6.07, 6.45) is -0.449. The largest absolute Gasteiger partial charge is 0.466 e. The monoisotopic (exact) mass is 472 g/mol. The quantitative estimate of drug-likeness (QED) is 0.559. The molecule has 0 N–H and O–H groups in total. The highest BCUT2D eigenvalue weighted by Crippen LogP contribution is 2.37. The van der Waals surface area contributed by atoms with Crippen molar-refractivity contribution in [3.8, 4) is 0 Å². The third-order valence-electron chi connectivity index (χ3n) is 6.47. The van der Waals surface area contributed by atoms with Crippen LogP contribution in [0.15, 0.2) is 0 Å². The Morgan fingerprint density at radius 1 is 0.939 bits per heavy atom. The fraction of sp³-hybridized carbons (Fsp3) is 0.917. The molecule has 0 aromatic rings. The normalized spacial score (nSPS) is 39.4. The number of hydrogen-bond acceptors (Lipinski definition) is 9. The number of hydrogen-bond donors (Lipinski definition) is 0. The molecule has 9 nitrogen and oxygen atoms in total. The smallest absolute Gasteiger partial charge is 0.306 e. The molecule has 0 amide bonds. The van der Waals surface area contributed by atoms with Crippen LogP contribution in [0.25, 0.3) is 0 Å². The van der Waals surface area contributed by atoms with Crippen LogP contribution in [0, 0.1) is 17.8 Å². The van der Waals surface area contributed by atoms with Gasteiger partial charge in [0.15, 0.2) is 17.4 Å². The molecule has 7 atom stereocenters. The Labute approximate surface area is 196 Å². The maximum Gasteiger partial charge on any atom is 0.306 e. The van der Waals surface area contributed by atoms with Crippen LogP contribution in [-0.4, -0.2) is 80.8 Å². The molecule has 0 bridgehead atoms. The van der Waals surface area contributed by atoms with Crippen molar-refractivity contribution in [1.82, 2.24) is 0 Å². The van der Waals surface area contributed by atoms with E-state index in [1.807, 2.05) is 41.5 Å². The first kappa shape index (κ1) is 26.5. The molecule has 33 heavy (non-hydrogen) atoms. The van der Waals surface area contributed by atoms with E-state index >= 15 is 0 Å². The van der Waals surface area contributed by atoms with E-state index in [9.17, 15) is 9.59 Å². The molecule has 190 valence electrons. The standard InChI is InChI=1S/C14H24O5.C10H16O4/c1-5-16-12(15)6-10-9(2)7-17-13(10)11-8-18-14(3,4)19-11;1-6-4-12-9(8(6)11)7-5-13-10(2,3)14-7/h9-11,13H,5-8H2,1-4H3;6-7,9H,4-5H2,1-3H3/t9-,10-,11+,13-;6-,7+,9+/m00/s1. The van der Waals surface area contributed by atoms with Crippen molar-refractivity contribution in [2.24, 2.45) is 17.8 Å². The van der Waals surface area contributed by atoms with E-state index in [2.05, 4.69) is 6.92 Å². The fourth-order valence-electron chi connectivity index (χ4n) is 4.67. The Balaban J connectivity index is 0.000000194. The van der Waals surface area contributed by atoms with E-state index in [4.69, 9.17) is 33.2 Å². The summed E-state index contributed by atoms with van der Waals surface area (Å²) in [6.45, 7) is 15.8. The summed E-state index contributed by atoms with van der Waals surface area (Å²) in [7, 11) is 0. The summed E-state index contributed by atoms with van der Waals surface area (Å²) >= 11 is 0. The lowest BCUT2D eigenvalue weighted by Crippen LogP contribution is -2.36. The Kier molecular flexibility index (Phi) is 8.56. The number of ether oxygens (including phenoxy) is 7. The second-order valence-corrected chi connectivity index (χ2v) is 10.2. The molecule has 0 radical (unpaired) electrons. The maximum absolute atomic E-state index is 11.7. The van der Waals surface area contributed by atoms with E-state index < -0.39 is 17.7 Å². The van der Waals surface area contributed by atoms with Crippen LogP contribution in [0.3, 0.4) is 0 Å². The number of Topliss-reactive ketones (excluding diaryl/α,β-unsaturated/α-hetero) is 1. The molecule has 4 rings (SSSR count). The zero-order valence-electron chi connectivity index (χ0n) is 21.0. The van der Waals surface area contributed by atoms with Crippen molar-refractivity contribution in [3.63, 3.8) is 0 Å². The molecular formula is C24H40O9. The van der Waals surface area contributed by atoms with Crippen LogP contribution < -0.4 is 0 Å². The molecular weight excluding hydrogens is 432 g/mol. The summed E-state index contributed by atoms with van der Waals surface area (Å²) in [5, 5.41) is 0. The average Bonchev–Trinajstić information content (AvgIpc) is 3.46. The van der Waals surface area contributed by atoms with Gasteiger partial charge in [0, 0.05) is 11.8 Å². The number of ketones is 1. The molecule has 4 saturated heterocycles. The van der Waals surface area contributed by atoms with Gasteiger partial charge in [0.05, 0.1) is 45.6 Å². The number of rotatable bonds is 5. The predicted molar refractivity (Wildman–Crippen MR) is 117 cm³/mol. The summed E-state index contributed by atoms with van der Waals surface area (Å²) in [5.74, 6) is -0.700. The van der Waals surface area contributed by atoms with E-state index in [0.717, 1.165) is 0 Å². The zero-order valence-corrected chi connectivity index (χ0v) is 21.0. The Hall–Kier alpha value is -1.10. The Morgan fingerprint density at radius 3 is 2.03 bits per heavy atom.